The summed E-state index contributed by atoms with van der Waals surface area (Å²) in [6, 6.07) is 10.9. The van der Waals surface area contributed by atoms with Gasteiger partial charge in [-0.15, -0.1) is 0 Å². The van der Waals surface area contributed by atoms with Gasteiger partial charge in [-0.3, -0.25) is 9.48 Å². The van der Waals surface area contributed by atoms with E-state index in [-0.39, 0.29) is 17.5 Å². The number of carboxylic acids is 1. The minimum absolute atomic E-state index is 0.183. The number of hydrogen-bond acceptors (Lipinski definition) is 3. The van der Waals surface area contributed by atoms with Crippen LogP contribution in [-0.2, 0) is 6.54 Å². The third kappa shape index (κ3) is 2.46. The fraction of sp³-hybridized carbons (Fsp3) is 0.0625. The highest BCUT2D eigenvalue weighted by atomic mass is 19.1. The number of aromatic carboxylic acids is 1. The predicted octanol–water partition coefficient (Wildman–Crippen LogP) is 2.28. The minimum Gasteiger partial charge on any atom is -0.478 e. The van der Waals surface area contributed by atoms with Gasteiger partial charge in [-0.1, -0.05) is 18.2 Å². The topological polar surface area (TPSA) is 72.2 Å². The summed E-state index contributed by atoms with van der Waals surface area (Å²) < 4.78 is 15.0. The van der Waals surface area contributed by atoms with E-state index in [1.165, 1.54) is 18.3 Å². The molecule has 0 saturated heterocycles. The Morgan fingerprint density at radius 3 is 2.77 bits per heavy atom. The number of benzene rings is 2. The maximum Gasteiger partial charge on any atom is 0.338 e. The lowest BCUT2D eigenvalue weighted by atomic mass is 10.1. The number of carbonyl (C=O) groups is 1. The molecule has 22 heavy (non-hydrogen) atoms. The van der Waals surface area contributed by atoms with Gasteiger partial charge in [0.15, 0.2) is 0 Å². The Hall–Kier alpha value is -3.02. The number of halogens is 1. The third-order valence-electron chi connectivity index (χ3n) is 3.36. The maximum absolute atomic E-state index is 13.4. The summed E-state index contributed by atoms with van der Waals surface area (Å²) in [5, 5.41) is 13.5. The quantitative estimate of drug-likeness (QED) is 0.805. The molecule has 0 radical (unpaired) electrons. The van der Waals surface area contributed by atoms with Gasteiger partial charge in [0.1, 0.15) is 5.82 Å². The molecular weight excluding hydrogens is 287 g/mol. The molecule has 2 aromatic carbocycles. The predicted molar refractivity (Wildman–Crippen MR) is 78.5 cm³/mol. The van der Waals surface area contributed by atoms with Crippen LogP contribution in [0.15, 0.2) is 53.5 Å². The standard InChI is InChI=1S/C16H11FN2O3/c17-13-6-5-10(7-12(13)16(21)22)9-19-14-4-2-1-3-11(14)15(20)8-18-19/h1-8H,9H2,(H,21,22). The number of fused-ring (bicyclic) bond motifs is 1. The zero-order valence-corrected chi connectivity index (χ0v) is 11.4. The lowest BCUT2D eigenvalue weighted by molar-refractivity contribution is 0.0691. The molecule has 110 valence electrons. The average molecular weight is 298 g/mol. The van der Waals surface area contributed by atoms with Crippen molar-refractivity contribution in [3.05, 3.63) is 75.8 Å². The van der Waals surface area contributed by atoms with Gasteiger partial charge in [0.2, 0.25) is 5.43 Å². The molecule has 0 spiro atoms. The summed E-state index contributed by atoms with van der Waals surface area (Å²) in [6.07, 6.45) is 1.21. The number of para-hydroxylation sites is 1. The molecule has 0 saturated carbocycles. The van der Waals surface area contributed by atoms with E-state index in [9.17, 15) is 14.0 Å². The van der Waals surface area contributed by atoms with E-state index >= 15 is 0 Å². The van der Waals surface area contributed by atoms with E-state index < -0.39 is 11.8 Å². The summed E-state index contributed by atoms with van der Waals surface area (Å²) in [5.41, 5.74) is 0.649. The number of rotatable bonds is 3. The lowest BCUT2D eigenvalue weighted by Crippen LogP contribution is -2.13. The van der Waals surface area contributed by atoms with E-state index in [4.69, 9.17) is 5.11 Å². The largest absolute Gasteiger partial charge is 0.478 e. The molecule has 0 amide bonds. The van der Waals surface area contributed by atoms with Crippen LogP contribution in [0.25, 0.3) is 10.9 Å². The van der Waals surface area contributed by atoms with Crippen LogP contribution in [0.2, 0.25) is 0 Å². The first kappa shape index (κ1) is 13.9. The normalized spacial score (nSPS) is 10.8. The molecular formula is C16H11FN2O3. The van der Waals surface area contributed by atoms with Crippen LogP contribution in [0.3, 0.4) is 0 Å². The highest BCUT2D eigenvalue weighted by molar-refractivity contribution is 5.88. The molecule has 5 nitrogen and oxygen atoms in total. The van der Waals surface area contributed by atoms with Crippen LogP contribution in [0.5, 0.6) is 0 Å². The van der Waals surface area contributed by atoms with Crippen molar-refractivity contribution in [1.29, 1.82) is 0 Å². The monoisotopic (exact) mass is 298 g/mol. The molecule has 0 aliphatic rings. The summed E-state index contributed by atoms with van der Waals surface area (Å²) in [6.45, 7) is 0.237. The van der Waals surface area contributed by atoms with Crippen molar-refractivity contribution in [2.75, 3.05) is 0 Å². The van der Waals surface area contributed by atoms with E-state index in [2.05, 4.69) is 5.10 Å². The maximum atomic E-state index is 13.4. The van der Waals surface area contributed by atoms with E-state index in [1.54, 1.807) is 28.9 Å². The molecule has 0 aliphatic heterocycles. The van der Waals surface area contributed by atoms with Crippen LogP contribution in [0.1, 0.15) is 15.9 Å². The van der Waals surface area contributed by atoms with Crippen molar-refractivity contribution in [3.63, 3.8) is 0 Å². The van der Waals surface area contributed by atoms with Crippen LogP contribution in [0, 0.1) is 5.82 Å². The van der Waals surface area contributed by atoms with E-state index in [0.717, 1.165) is 6.07 Å². The van der Waals surface area contributed by atoms with Gasteiger partial charge in [0.05, 0.1) is 23.8 Å². The molecule has 3 rings (SSSR count). The fourth-order valence-electron chi connectivity index (χ4n) is 2.29. The Labute approximate surface area is 124 Å². The van der Waals surface area contributed by atoms with Gasteiger partial charge >= 0.3 is 5.97 Å². The van der Waals surface area contributed by atoms with E-state index in [0.29, 0.717) is 16.5 Å². The van der Waals surface area contributed by atoms with Gasteiger partial charge in [-0.2, -0.15) is 5.10 Å². The molecule has 0 atom stereocenters. The molecule has 1 N–H and O–H groups in total. The molecule has 0 fully saturated rings. The highest BCUT2D eigenvalue weighted by Crippen LogP contribution is 2.14. The van der Waals surface area contributed by atoms with Crippen LogP contribution in [-0.4, -0.2) is 20.9 Å². The molecule has 1 heterocycles. The number of nitrogens with zero attached hydrogens (tertiary/aromatic N) is 2. The number of aromatic nitrogens is 2. The Bertz CT molecular complexity index is 934. The van der Waals surface area contributed by atoms with Gasteiger partial charge in [0.25, 0.3) is 0 Å². The zero-order chi connectivity index (χ0) is 15.7. The molecule has 6 heteroatoms. The molecule has 0 bridgehead atoms. The van der Waals surface area contributed by atoms with Crippen molar-refractivity contribution in [2.45, 2.75) is 6.54 Å². The Balaban J connectivity index is 2.08. The van der Waals surface area contributed by atoms with Gasteiger partial charge in [0, 0.05) is 5.39 Å². The third-order valence-corrected chi connectivity index (χ3v) is 3.36. The summed E-state index contributed by atoms with van der Waals surface area (Å²) in [7, 11) is 0. The van der Waals surface area contributed by atoms with E-state index in [1.807, 2.05) is 0 Å². The first-order chi connectivity index (χ1) is 10.6. The molecule has 3 aromatic rings. The van der Waals surface area contributed by atoms with Crippen LogP contribution < -0.4 is 5.43 Å². The van der Waals surface area contributed by atoms with Crippen molar-refractivity contribution >= 4 is 16.9 Å². The SMILES string of the molecule is O=C(O)c1cc(Cn2ncc(=O)c3ccccc32)ccc1F. The number of carboxylic acid groups (broad SMARTS) is 1. The second-order valence-corrected chi connectivity index (χ2v) is 4.80. The Morgan fingerprint density at radius 1 is 1.23 bits per heavy atom. The summed E-state index contributed by atoms with van der Waals surface area (Å²) in [4.78, 5) is 22.7. The highest BCUT2D eigenvalue weighted by Gasteiger charge is 2.11. The van der Waals surface area contributed by atoms with Gasteiger partial charge < -0.3 is 5.11 Å². The number of hydrogen-bond donors (Lipinski definition) is 1. The zero-order valence-electron chi connectivity index (χ0n) is 11.4. The summed E-state index contributed by atoms with van der Waals surface area (Å²) in [5.74, 6) is -2.11. The van der Waals surface area contributed by atoms with Gasteiger partial charge in [-0.05, 0) is 29.8 Å². The van der Waals surface area contributed by atoms with Crippen LogP contribution in [0.4, 0.5) is 4.39 Å². The lowest BCUT2D eigenvalue weighted by Gasteiger charge is -2.10. The first-order valence-electron chi connectivity index (χ1n) is 6.53. The second kappa shape index (κ2) is 5.40. The second-order valence-electron chi connectivity index (χ2n) is 4.80. The average Bonchev–Trinajstić information content (AvgIpc) is 2.52. The van der Waals surface area contributed by atoms with Crippen molar-refractivity contribution in [2.24, 2.45) is 0 Å². The molecule has 0 aliphatic carbocycles. The minimum atomic E-state index is -1.32. The fourth-order valence-corrected chi connectivity index (χ4v) is 2.29. The van der Waals surface area contributed by atoms with Crippen LogP contribution >= 0.6 is 0 Å². The van der Waals surface area contributed by atoms with Crippen molar-refractivity contribution < 1.29 is 14.3 Å². The first-order valence-corrected chi connectivity index (χ1v) is 6.53. The van der Waals surface area contributed by atoms with Gasteiger partial charge in [-0.25, -0.2) is 9.18 Å². The Kier molecular flexibility index (Phi) is 3.42. The smallest absolute Gasteiger partial charge is 0.338 e. The molecule has 1 aromatic heterocycles. The molecule has 0 unspecified atom stereocenters. The van der Waals surface area contributed by atoms with Crippen molar-refractivity contribution in [1.82, 2.24) is 9.78 Å². The Morgan fingerprint density at radius 2 is 2.00 bits per heavy atom. The van der Waals surface area contributed by atoms with Crippen molar-refractivity contribution in [3.8, 4) is 0 Å². The summed E-state index contributed by atoms with van der Waals surface area (Å²) >= 11 is 0.